The van der Waals surface area contributed by atoms with Crippen molar-refractivity contribution in [2.75, 3.05) is 0 Å². The topological polar surface area (TPSA) is 51.8 Å². The molecule has 2 aromatic heterocycles. The SMILES string of the molecule is Cc1nc(C(N)c2nc(C(C)(C)C)cs2)cs1. The Labute approximate surface area is 110 Å². The smallest absolute Gasteiger partial charge is 0.116 e. The lowest BCUT2D eigenvalue weighted by atomic mass is 9.93. The molecule has 0 saturated heterocycles. The standard InChI is InChI=1S/C12H17N3S2/c1-7-14-8(5-16-7)10(13)11-15-9(6-17-11)12(2,3)4/h5-6,10H,13H2,1-4H3. The van der Waals surface area contributed by atoms with Gasteiger partial charge in [-0.3, -0.25) is 0 Å². The van der Waals surface area contributed by atoms with Gasteiger partial charge in [0.05, 0.1) is 16.4 Å². The molecule has 2 heterocycles. The number of hydrogen-bond acceptors (Lipinski definition) is 5. The van der Waals surface area contributed by atoms with E-state index in [9.17, 15) is 0 Å². The van der Waals surface area contributed by atoms with Crippen LogP contribution in [0.15, 0.2) is 10.8 Å². The molecule has 0 saturated carbocycles. The predicted molar refractivity (Wildman–Crippen MR) is 73.7 cm³/mol. The summed E-state index contributed by atoms with van der Waals surface area (Å²) in [6.07, 6.45) is 0. The van der Waals surface area contributed by atoms with Gasteiger partial charge in [0.25, 0.3) is 0 Å². The van der Waals surface area contributed by atoms with Crippen LogP contribution in [0.4, 0.5) is 0 Å². The Hall–Kier alpha value is -0.780. The highest BCUT2D eigenvalue weighted by Gasteiger charge is 2.21. The molecule has 0 fully saturated rings. The first-order chi connectivity index (χ1) is 7.88. The van der Waals surface area contributed by atoms with E-state index in [1.165, 1.54) is 0 Å². The van der Waals surface area contributed by atoms with E-state index >= 15 is 0 Å². The molecule has 3 nitrogen and oxygen atoms in total. The van der Waals surface area contributed by atoms with Crippen molar-refractivity contribution in [3.05, 3.63) is 32.2 Å². The minimum atomic E-state index is -0.193. The highest BCUT2D eigenvalue weighted by molar-refractivity contribution is 7.10. The molecule has 0 radical (unpaired) electrons. The van der Waals surface area contributed by atoms with Crippen LogP contribution in [0.1, 0.15) is 48.2 Å². The van der Waals surface area contributed by atoms with Crippen molar-refractivity contribution in [2.45, 2.75) is 39.2 Å². The van der Waals surface area contributed by atoms with Crippen LogP contribution in [-0.2, 0) is 5.41 Å². The highest BCUT2D eigenvalue weighted by Crippen LogP contribution is 2.29. The molecule has 17 heavy (non-hydrogen) atoms. The Morgan fingerprint density at radius 3 is 2.35 bits per heavy atom. The normalized spacial score (nSPS) is 13.9. The number of aromatic nitrogens is 2. The largest absolute Gasteiger partial charge is 0.317 e. The Kier molecular flexibility index (Phi) is 3.34. The molecule has 0 amide bonds. The summed E-state index contributed by atoms with van der Waals surface area (Å²) < 4.78 is 0. The van der Waals surface area contributed by atoms with Gasteiger partial charge in [-0.05, 0) is 6.92 Å². The van der Waals surface area contributed by atoms with Crippen LogP contribution in [0, 0.1) is 6.92 Å². The summed E-state index contributed by atoms with van der Waals surface area (Å²) in [6.45, 7) is 8.46. The second-order valence-corrected chi connectivity index (χ2v) is 7.04. The summed E-state index contributed by atoms with van der Waals surface area (Å²) in [5.41, 5.74) is 8.27. The first-order valence-electron chi connectivity index (χ1n) is 5.51. The first kappa shape index (κ1) is 12.7. The van der Waals surface area contributed by atoms with E-state index in [0.717, 1.165) is 21.4 Å². The summed E-state index contributed by atoms with van der Waals surface area (Å²) >= 11 is 3.24. The van der Waals surface area contributed by atoms with Gasteiger partial charge in [0.2, 0.25) is 0 Å². The Balaban J connectivity index is 2.26. The lowest BCUT2D eigenvalue weighted by molar-refractivity contribution is 0.569. The molecule has 0 aromatic carbocycles. The molecule has 2 rings (SSSR count). The number of thiazole rings is 2. The zero-order valence-corrected chi connectivity index (χ0v) is 12.2. The number of aryl methyl sites for hydroxylation is 1. The molecule has 0 aliphatic carbocycles. The van der Waals surface area contributed by atoms with Gasteiger partial charge in [-0.25, -0.2) is 9.97 Å². The summed E-state index contributed by atoms with van der Waals surface area (Å²) in [5, 5.41) is 6.09. The third-order valence-electron chi connectivity index (χ3n) is 2.51. The van der Waals surface area contributed by atoms with E-state index in [0.29, 0.717) is 0 Å². The molecule has 0 spiro atoms. The van der Waals surface area contributed by atoms with Gasteiger partial charge in [-0.1, -0.05) is 20.8 Å². The van der Waals surface area contributed by atoms with Gasteiger partial charge in [0, 0.05) is 16.2 Å². The predicted octanol–water partition coefficient (Wildman–Crippen LogP) is 3.25. The summed E-state index contributed by atoms with van der Waals surface area (Å²) in [7, 11) is 0. The van der Waals surface area contributed by atoms with Gasteiger partial charge in [-0.15, -0.1) is 22.7 Å². The van der Waals surface area contributed by atoms with Crippen LogP contribution in [0.25, 0.3) is 0 Å². The fraction of sp³-hybridized carbons (Fsp3) is 0.500. The number of nitrogens with two attached hydrogens (primary N) is 1. The highest BCUT2D eigenvalue weighted by atomic mass is 32.1. The molecule has 0 aliphatic rings. The van der Waals surface area contributed by atoms with E-state index in [1.54, 1.807) is 22.7 Å². The van der Waals surface area contributed by atoms with Crippen molar-refractivity contribution < 1.29 is 0 Å². The molecule has 2 aromatic rings. The molecule has 5 heteroatoms. The molecule has 1 unspecified atom stereocenters. The van der Waals surface area contributed by atoms with Gasteiger partial charge in [-0.2, -0.15) is 0 Å². The summed E-state index contributed by atoms with van der Waals surface area (Å²) in [6, 6.07) is -0.193. The van der Waals surface area contributed by atoms with Crippen molar-refractivity contribution in [2.24, 2.45) is 5.73 Å². The molecule has 0 aliphatic heterocycles. The lowest BCUT2D eigenvalue weighted by Gasteiger charge is -2.14. The van der Waals surface area contributed by atoms with Crippen molar-refractivity contribution >= 4 is 22.7 Å². The maximum atomic E-state index is 6.18. The maximum absolute atomic E-state index is 6.18. The van der Waals surface area contributed by atoms with Crippen molar-refractivity contribution in [1.29, 1.82) is 0 Å². The van der Waals surface area contributed by atoms with Crippen LogP contribution >= 0.6 is 22.7 Å². The summed E-state index contributed by atoms with van der Waals surface area (Å²) in [4.78, 5) is 9.04. The minimum absolute atomic E-state index is 0.0759. The monoisotopic (exact) mass is 267 g/mol. The number of rotatable bonds is 2. The summed E-state index contributed by atoms with van der Waals surface area (Å²) in [5.74, 6) is 0. The van der Waals surface area contributed by atoms with Crippen molar-refractivity contribution in [1.82, 2.24) is 9.97 Å². The number of nitrogens with zero attached hydrogens (tertiary/aromatic N) is 2. The van der Waals surface area contributed by atoms with E-state index in [2.05, 4.69) is 36.1 Å². The average molecular weight is 267 g/mol. The first-order valence-corrected chi connectivity index (χ1v) is 7.27. The van der Waals surface area contributed by atoms with Crippen molar-refractivity contribution in [3.8, 4) is 0 Å². The van der Waals surface area contributed by atoms with Crippen LogP contribution < -0.4 is 5.73 Å². The lowest BCUT2D eigenvalue weighted by Crippen LogP contribution is -2.15. The zero-order chi connectivity index (χ0) is 12.6. The quantitative estimate of drug-likeness (QED) is 0.908. The van der Waals surface area contributed by atoms with E-state index in [1.807, 2.05) is 12.3 Å². The fourth-order valence-electron chi connectivity index (χ4n) is 1.42. The molecular formula is C12H17N3S2. The Morgan fingerprint density at radius 1 is 1.18 bits per heavy atom. The van der Waals surface area contributed by atoms with Crippen molar-refractivity contribution in [3.63, 3.8) is 0 Å². The fourth-order valence-corrected chi connectivity index (χ4v) is 3.13. The van der Waals surface area contributed by atoms with E-state index in [-0.39, 0.29) is 11.5 Å². The van der Waals surface area contributed by atoms with Crippen LogP contribution in [-0.4, -0.2) is 9.97 Å². The molecule has 92 valence electrons. The molecule has 2 N–H and O–H groups in total. The Bertz CT molecular complexity index is 508. The van der Waals surface area contributed by atoms with Crippen LogP contribution in [0.2, 0.25) is 0 Å². The second-order valence-electron chi connectivity index (χ2n) is 5.09. The van der Waals surface area contributed by atoms with Crippen LogP contribution in [0.3, 0.4) is 0 Å². The van der Waals surface area contributed by atoms with Gasteiger partial charge >= 0.3 is 0 Å². The number of hydrogen-bond donors (Lipinski definition) is 1. The van der Waals surface area contributed by atoms with E-state index < -0.39 is 0 Å². The Morgan fingerprint density at radius 2 is 1.88 bits per heavy atom. The van der Waals surface area contributed by atoms with Crippen LogP contribution in [0.5, 0.6) is 0 Å². The van der Waals surface area contributed by atoms with E-state index in [4.69, 9.17) is 5.73 Å². The van der Waals surface area contributed by atoms with Gasteiger partial charge in [0.15, 0.2) is 0 Å². The average Bonchev–Trinajstić information content (AvgIpc) is 2.83. The van der Waals surface area contributed by atoms with Gasteiger partial charge < -0.3 is 5.73 Å². The third kappa shape index (κ3) is 2.73. The molecule has 0 bridgehead atoms. The maximum Gasteiger partial charge on any atom is 0.116 e. The molecular weight excluding hydrogens is 250 g/mol. The zero-order valence-electron chi connectivity index (χ0n) is 10.5. The second kappa shape index (κ2) is 4.48. The van der Waals surface area contributed by atoms with Gasteiger partial charge in [0.1, 0.15) is 11.0 Å². The minimum Gasteiger partial charge on any atom is -0.317 e. The third-order valence-corrected chi connectivity index (χ3v) is 4.23. The molecule has 1 atom stereocenters.